The first-order valence-electron chi connectivity index (χ1n) is 7.23. The van der Waals surface area contributed by atoms with Gasteiger partial charge in [-0.05, 0) is 67.8 Å². The van der Waals surface area contributed by atoms with Crippen LogP contribution in [0, 0.1) is 6.10 Å². The summed E-state index contributed by atoms with van der Waals surface area (Å²) in [6, 6.07) is 0. The average Bonchev–Trinajstić information content (AvgIpc) is 2.53. The molecule has 24 heavy (non-hydrogen) atoms. The van der Waals surface area contributed by atoms with Crippen molar-refractivity contribution >= 4 is 53.8 Å². The van der Waals surface area contributed by atoms with Gasteiger partial charge in [0, 0.05) is 0 Å². The van der Waals surface area contributed by atoms with Crippen LogP contribution >= 0.6 is 0 Å². The van der Waals surface area contributed by atoms with E-state index in [9.17, 15) is 29.7 Å². The summed E-state index contributed by atoms with van der Waals surface area (Å²) in [6.45, 7) is 0. The Morgan fingerprint density at radius 2 is 1.08 bits per heavy atom. The zero-order valence-electron chi connectivity index (χ0n) is 12.2. The minimum atomic E-state index is -1.32. The van der Waals surface area contributed by atoms with Crippen molar-refractivity contribution in [1.82, 2.24) is 0 Å². The highest BCUT2D eigenvalue weighted by molar-refractivity contribution is 6.57. The quantitative estimate of drug-likeness (QED) is 0.411. The van der Waals surface area contributed by atoms with Gasteiger partial charge in [-0.1, -0.05) is 0 Å². The van der Waals surface area contributed by atoms with Gasteiger partial charge in [-0.25, -0.2) is 0 Å². The maximum absolute atomic E-state index is 11.8. The number of carbonyl (C=O) groups is 3. The van der Waals surface area contributed by atoms with Crippen LogP contribution in [0.15, 0.2) is 0 Å². The normalized spacial score (nSPS) is 24.9. The summed E-state index contributed by atoms with van der Waals surface area (Å²) in [5, 5.41) is 32.1. The molecular formula is C18H11O6. The molecule has 0 saturated carbocycles. The number of aliphatic hydroxyl groups excluding tert-OH is 3. The van der Waals surface area contributed by atoms with Gasteiger partial charge < -0.3 is 15.3 Å². The third-order valence-corrected chi connectivity index (χ3v) is 4.36. The third kappa shape index (κ3) is 1.98. The number of carbonyl (C=O) groups excluding carboxylic acids is 3. The molecule has 2 unspecified atom stereocenters. The Labute approximate surface area is 134 Å². The molecule has 0 amide bonds. The maximum Gasteiger partial charge on any atom is 0.226 e. The SMILES string of the molecule is O=C1C=c2c3c(c4c(c2=CC1=O)=CC(=O)C(O)C=4)=CC(O)[C](O)C=3. The van der Waals surface area contributed by atoms with Gasteiger partial charge in [-0.15, -0.1) is 0 Å². The number of hydrogen-bond donors (Lipinski definition) is 3. The second kappa shape index (κ2) is 4.91. The van der Waals surface area contributed by atoms with E-state index in [1.165, 1.54) is 24.3 Å². The second-order valence-corrected chi connectivity index (χ2v) is 5.84. The Morgan fingerprint density at radius 3 is 1.67 bits per heavy atom. The van der Waals surface area contributed by atoms with E-state index in [0.29, 0.717) is 31.3 Å². The third-order valence-electron chi connectivity index (χ3n) is 4.36. The fraction of sp³-hybridized carbons (Fsp3) is 0.111. The molecule has 1 aromatic carbocycles. The Bertz CT molecular complexity index is 1180. The molecule has 3 N–H and O–H groups in total. The van der Waals surface area contributed by atoms with Crippen LogP contribution in [0.3, 0.4) is 0 Å². The van der Waals surface area contributed by atoms with Crippen LogP contribution < -0.4 is 31.3 Å². The van der Waals surface area contributed by atoms with Crippen LogP contribution in [0.2, 0.25) is 0 Å². The van der Waals surface area contributed by atoms with Crippen LogP contribution in [0.5, 0.6) is 0 Å². The molecule has 119 valence electrons. The van der Waals surface area contributed by atoms with Crippen LogP contribution in [0.4, 0.5) is 0 Å². The van der Waals surface area contributed by atoms with Gasteiger partial charge in [0.2, 0.25) is 11.6 Å². The van der Waals surface area contributed by atoms with Gasteiger partial charge in [0.05, 0.1) is 0 Å². The van der Waals surface area contributed by atoms with E-state index in [0.717, 1.165) is 12.2 Å². The van der Waals surface area contributed by atoms with Gasteiger partial charge in [-0.2, -0.15) is 0 Å². The van der Waals surface area contributed by atoms with Crippen molar-refractivity contribution in [3.63, 3.8) is 0 Å². The van der Waals surface area contributed by atoms with Crippen molar-refractivity contribution < 1.29 is 29.7 Å². The standard InChI is InChI=1S/C18H11O6/c19-13-1-7-8(2-14(13)20)10-4-17(23)18(24)6-12(10)11-5-16(22)15(21)3-9(7)11/h1-6,13,15,19-21H. The van der Waals surface area contributed by atoms with Crippen LogP contribution in [0.25, 0.3) is 36.5 Å². The lowest BCUT2D eigenvalue weighted by Gasteiger charge is -2.16. The predicted molar refractivity (Wildman–Crippen MR) is 83.2 cm³/mol. The van der Waals surface area contributed by atoms with Crippen LogP contribution in [0.1, 0.15) is 0 Å². The lowest BCUT2D eigenvalue weighted by atomic mass is 9.91. The van der Waals surface area contributed by atoms with E-state index in [-0.39, 0.29) is 6.10 Å². The van der Waals surface area contributed by atoms with Crippen molar-refractivity contribution in [2.24, 2.45) is 0 Å². The molecule has 4 rings (SSSR count). The first-order valence-corrected chi connectivity index (χ1v) is 7.23. The predicted octanol–water partition coefficient (Wildman–Crippen LogP) is -5.26. The molecule has 3 aliphatic carbocycles. The molecule has 1 aromatic rings. The van der Waals surface area contributed by atoms with Gasteiger partial charge in [0.25, 0.3) is 0 Å². The maximum atomic E-state index is 11.8. The number of aliphatic hydroxyl groups is 3. The van der Waals surface area contributed by atoms with E-state index in [2.05, 4.69) is 0 Å². The van der Waals surface area contributed by atoms with Crippen molar-refractivity contribution in [2.75, 3.05) is 0 Å². The Morgan fingerprint density at radius 1 is 0.625 bits per heavy atom. The van der Waals surface area contributed by atoms with Gasteiger partial charge in [-0.3, -0.25) is 14.4 Å². The highest BCUT2D eigenvalue weighted by Crippen LogP contribution is 2.06. The van der Waals surface area contributed by atoms with E-state index in [1.807, 2.05) is 0 Å². The topological polar surface area (TPSA) is 112 Å². The molecule has 0 heterocycles. The zero-order chi connectivity index (χ0) is 17.2. The summed E-state index contributed by atoms with van der Waals surface area (Å²) < 4.78 is 0. The monoisotopic (exact) mass is 323 g/mol. The van der Waals surface area contributed by atoms with Crippen molar-refractivity contribution in [3.8, 4) is 0 Å². The zero-order valence-corrected chi connectivity index (χ0v) is 12.2. The number of Topliss-reactive ketones (excluding diaryl/α,β-unsaturated/α-hetero) is 3. The number of hydrogen-bond acceptors (Lipinski definition) is 6. The molecule has 0 fully saturated rings. The molecule has 0 saturated heterocycles. The fourth-order valence-corrected chi connectivity index (χ4v) is 3.20. The summed E-state index contributed by atoms with van der Waals surface area (Å²) in [5.74, 6) is -1.93. The molecule has 0 aliphatic heterocycles. The minimum absolute atomic E-state index is 0.293. The van der Waals surface area contributed by atoms with Gasteiger partial charge >= 0.3 is 0 Å². The van der Waals surface area contributed by atoms with Gasteiger partial charge in [0.15, 0.2) is 5.78 Å². The molecular weight excluding hydrogens is 312 g/mol. The van der Waals surface area contributed by atoms with Crippen molar-refractivity contribution in [1.29, 1.82) is 0 Å². The van der Waals surface area contributed by atoms with E-state index in [1.54, 1.807) is 0 Å². The lowest BCUT2D eigenvalue weighted by molar-refractivity contribution is -0.129. The minimum Gasteiger partial charge on any atom is -0.386 e. The molecule has 6 nitrogen and oxygen atoms in total. The number of rotatable bonds is 0. The van der Waals surface area contributed by atoms with E-state index in [4.69, 9.17) is 0 Å². The highest BCUT2D eigenvalue weighted by Gasteiger charge is 2.22. The summed E-state index contributed by atoms with van der Waals surface area (Å²) in [6.07, 6.45) is 4.74. The Kier molecular flexibility index (Phi) is 3.05. The van der Waals surface area contributed by atoms with Crippen LogP contribution in [-0.4, -0.2) is 44.9 Å². The molecule has 6 heteroatoms. The summed E-state index contributed by atoms with van der Waals surface area (Å²) in [4.78, 5) is 35.4. The number of benzene rings is 1. The van der Waals surface area contributed by atoms with E-state index < -0.39 is 29.6 Å². The molecule has 3 aliphatic rings. The average molecular weight is 323 g/mol. The summed E-state index contributed by atoms with van der Waals surface area (Å²) >= 11 is 0. The second-order valence-electron chi connectivity index (χ2n) is 5.84. The first-order chi connectivity index (χ1) is 11.4. The number of fused-ring (bicyclic) bond motifs is 6. The molecule has 0 bridgehead atoms. The van der Waals surface area contributed by atoms with Crippen molar-refractivity contribution in [3.05, 3.63) is 37.4 Å². The molecule has 0 spiro atoms. The molecule has 1 radical (unpaired) electrons. The highest BCUT2D eigenvalue weighted by atomic mass is 16.3. The Hall–Kier alpha value is -2.67. The van der Waals surface area contributed by atoms with Gasteiger partial charge in [0.1, 0.15) is 18.3 Å². The smallest absolute Gasteiger partial charge is 0.226 e. The lowest BCUT2D eigenvalue weighted by Crippen LogP contribution is -2.69. The summed E-state index contributed by atoms with van der Waals surface area (Å²) in [7, 11) is 0. The fourth-order valence-electron chi connectivity index (χ4n) is 3.20. The summed E-state index contributed by atoms with van der Waals surface area (Å²) in [5.41, 5.74) is 0. The van der Waals surface area contributed by atoms with Crippen LogP contribution in [-0.2, 0) is 14.4 Å². The molecule has 2 atom stereocenters. The van der Waals surface area contributed by atoms with Crippen molar-refractivity contribution in [2.45, 2.75) is 12.2 Å². The molecule has 0 aromatic heterocycles. The first kappa shape index (κ1) is 14.9. The van der Waals surface area contributed by atoms with E-state index >= 15 is 0 Å². The largest absolute Gasteiger partial charge is 0.386 e. The Balaban J connectivity index is 2.39. The number of ketones is 3.